The highest BCUT2D eigenvalue weighted by Crippen LogP contribution is 2.55. The number of ether oxygens (including phenoxy) is 2. The number of hydrogen-bond donors (Lipinski definition) is 1. The Hall–Kier alpha value is -0.380. The van der Waals surface area contributed by atoms with Crippen molar-refractivity contribution in [1.29, 1.82) is 0 Å². The quantitative estimate of drug-likeness (QED) is 0.572. The van der Waals surface area contributed by atoms with Gasteiger partial charge in [-0.2, -0.15) is 0 Å². The van der Waals surface area contributed by atoms with Gasteiger partial charge in [0.2, 0.25) is 0 Å². The number of allylic oxidation sites excluding steroid dienone is 2. The van der Waals surface area contributed by atoms with Crippen LogP contribution in [0.15, 0.2) is 12.2 Å². The van der Waals surface area contributed by atoms with Crippen molar-refractivity contribution >= 4 is 0 Å². The Labute approximate surface area is 82.7 Å². The molecule has 0 radical (unpaired) electrons. The lowest BCUT2D eigenvalue weighted by Gasteiger charge is -2.39. The van der Waals surface area contributed by atoms with E-state index < -0.39 is 6.10 Å². The third kappa shape index (κ3) is 0.757. The molecule has 2 aliphatic carbocycles. The molecule has 3 fully saturated rings. The van der Waals surface area contributed by atoms with E-state index in [0.717, 1.165) is 0 Å². The van der Waals surface area contributed by atoms with Gasteiger partial charge >= 0.3 is 0 Å². The first kappa shape index (κ1) is 7.85. The second-order valence-corrected chi connectivity index (χ2v) is 4.97. The first-order valence-corrected chi connectivity index (χ1v) is 5.48. The molecule has 3 heteroatoms. The van der Waals surface area contributed by atoms with Crippen molar-refractivity contribution in [3.05, 3.63) is 12.2 Å². The predicted molar refractivity (Wildman–Crippen MR) is 48.3 cm³/mol. The van der Waals surface area contributed by atoms with Crippen LogP contribution < -0.4 is 0 Å². The summed E-state index contributed by atoms with van der Waals surface area (Å²) < 4.78 is 11.1. The van der Waals surface area contributed by atoms with Gasteiger partial charge in [-0.05, 0) is 24.2 Å². The second-order valence-electron chi connectivity index (χ2n) is 4.97. The van der Waals surface area contributed by atoms with E-state index in [1.54, 1.807) is 0 Å². The lowest BCUT2D eigenvalue weighted by Crippen LogP contribution is -2.48. The lowest BCUT2D eigenvalue weighted by atomic mass is 9.75. The molecular formula is C11H14O3. The van der Waals surface area contributed by atoms with Crippen LogP contribution in [0, 0.1) is 23.7 Å². The van der Waals surface area contributed by atoms with Gasteiger partial charge in [0.25, 0.3) is 0 Å². The summed E-state index contributed by atoms with van der Waals surface area (Å²) in [7, 11) is 0. The highest BCUT2D eigenvalue weighted by Gasteiger charge is 2.59. The largest absolute Gasteiger partial charge is 0.388 e. The van der Waals surface area contributed by atoms with Gasteiger partial charge in [-0.15, -0.1) is 0 Å². The fourth-order valence-electron chi connectivity index (χ4n) is 3.91. The number of aliphatic hydroxyl groups excluding tert-OH is 1. The summed E-state index contributed by atoms with van der Waals surface area (Å²) in [6.07, 6.45) is 5.31. The molecule has 2 heterocycles. The molecule has 1 saturated carbocycles. The highest BCUT2D eigenvalue weighted by molar-refractivity contribution is 5.18. The van der Waals surface area contributed by atoms with Gasteiger partial charge in [-0.3, -0.25) is 0 Å². The van der Waals surface area contributed by atoms with Crippen LogP contribution in [0.1, 0.15) is 6.42 Å². The third-order valence-corrected chi connectivity index (χ3v) is 4.42. The van der Waals surface area contributed by atoms with E-state index in [1.807, 2.05) is 0 Å². The van der Waals surface area contributed by atoms with E-state index in [4.69, 9.17) is 9.47 Å². The van der Waals surface area contributed by atoms with Crippen molar-refractivity contribution in [2.24, 2.45) is 23.7 Å². The normalized spacial score (nSPS) is 63.4. The molecule has 2 aliphatic heterocycles. The van der Waals surface area contributed by atoms with Crippen LogP contribution in [0.4, 0.5) is 0 Å². The average Bonchev–Trinajstić information content (AvgIpc) is 2.89. The fraction of sp³-hybridized carbons (Fsp3) is 0.818. The smallest absolute Gasteiger partial charge is 0.184 e. The lowest BCUT2D eigenvalue weighted by molar-refractivity contribution is -0.195. The Balaban J connectivity index is 1.78. The molecule has 2 saturated heterocycles. The molecule has 0 unspecified atom stereocenters. The first-order chi connectivity index (χ1) is 6.84. The summed E-state index contributed by atoms with van der Waals surface area (Å²) in [5.41, 5.74) is 0. The SMILES string of the molecule is O[C@H]1[C@@H]2OC[C@@H](O2)[C@@H]2[C@H]1[C@@H]1C=C[C@H]2C1. The topological polar surface area (TPSA) is 38.7 Å². The number of aliphatic hydroxyl groups is 1. The van der Waals surface area contributed by atoms with Crippen LogP contribution in [-0.2, 0) is 9.47 Å². The molecule has 0 spiro atoms. The third-order valence-electron chi connectivity index (χ3n) is 4.42. The summed E-state index contributed by atoms with van der Waals surface area (Å²) in [6, 6.07) is 0. The van der Waals surface area contributed by atoms with Crippen LogP contribution >= 0.6 is 0 Å². The molecule has 76 valence electrons. The Morgan fingerprint density at radius 3 is 2.79 bits per heavy atom. The minimum absolute atomic E-state index is 0.244. The van der Waals surface area contributed by atoms with E-state index in [-0.39, 0.29) is 12.4 Å². The molecule has 4 bridgehead atoms. The summed E-state index contributed by atoms with van der Waals surface area (Å²) in [5, 5.41) is 10.1. The van der Waals surface area contributed by atoms with E-state index in [1.165, 1.54) is 6.42 Å². The maximum atomic E-state index is 10.1. The number of hydrogen-bond acceptors (Lipinski definition) is 3. The van der Waals surface area contributed by atoms with E-state index in [0.29, 0.717) is 30.3 Å². The van der Waals surface area contributed by atoms with E-state index >= 15 is 0 Å². The molecule has 0 amide bonds. The molecule has 3 nitrogen and oxygen atoms in total. The predicted octanol–water partition coefficient (Wildman–Crippen LogP) is 0.541. The first-order valence-electron chi connectivity index (χ1n) is 5.48. The number of rotatable bonds is 0. The van der Waals surface area contributed by atoms with Gasteiger partial charge in [0.05, 0.1) is 12.7 Å². The highest BCUT2D eigenvalue weighted by atomic mass is 16.7. The van der Waals surface area contributed by atoms with Crippen molar-refractivity contribution < 1.29 is 14.6 Å². The molecule has 4 aliphatic rings. The molecule has 4 rings (SSSR count). The van der Waals surface area contributed by atoms with Crippen LogP contribution in [0.3, 0.4) is 0 Å². The zero-order chi connectivity index (χ0) is 9.28. The molecule has 14 heavy (non-hydrogen) atoms. The van der Waals surface area contributed by atoms with Crippen molar-refractivity contribution in [1.82, 2.24) is 0 Å². The Bertz CT molecular complexity index is 289. The minimum atomic E-state index is -0.404. The summed E-state index contributed by atoms with van der Waals surface area (Å²) >= 11 is 0. The van der Waals surface area contributed by atoms with E-state index in [9.17, 15) is 5.11 Å². The standard InChI is InChI=1S/C11H14O3/c12-10-9-6-2-1-5(3-6)8(9)7-4-13-11(10)14-7/h1-2,5-12H,3-4H2/t5-,6+,7+,8+,9+,10+,11+/m0/s1. The van der Waals surface area contributed by atoms with Gasteiger partial charge in [-0.1, -0.05) is 12.2 Å². The van der Waals surface area contributed by atoms with Crippen molar-refractivity contribution in [3.8, 4) is 0 Å². The van der Waals surface area contributed by atoms with Crippen LogP contribution in [0.25, 0.3) is 0 Å². The number of fused-ring (bicyclic) bond motifs is 8. The molecule has 1 N–H and O–H groups in total. The Kier molecular flexibility index (Phi) is 1.35. The fourth-order valence-corrected chi connectivity index (χ4v) is 3.91. The zero-order valence-corrected chi connectivity index (χ0v) is 7.87. The van der Waals surface area contributed by atoms with Crippen LogP contribution in [-0.4, -0.2) is 30.2 Å². The van der Waals surface area contributed by atoms with Gasteiger partial charge in [0, 0.05) is 5.92 Å². The molecule has 0 aromatic rings. The average molecular weight is 194 g/mol. The van der Waals surface area contributed by atoms with Crippen molar-refractivity contribution in [2.75, 3.05) is 6.61 Å². The van der Waals surface area contributed by atoms with Crippen LogP contribution in [0.5, 0.6) is 0 Å². The summed E-state index contributed by atoms with van der Waals surface area (Å²) in [5.74, 6) is 2.12. The second kappa shape index (κ2) is 2.40. The van der Waals surface area contributed by atoms with Gasteiger partial charge in [-0.25, -0.2) is 0 Å². The molecule has 0 aromatic heterocycles. The van der Waals surface area contributed by atoms with Gasteiger partial charge in [0.15, 0.2) is 6.29 Å². The zero-order valence-electron chi connectivity index (χ0n) is 7.87. The van der Waals surface area contributed by atoms with E-state index in [2.05, 4.69) is 12.2 Å². The Morgan fingerprint density at radius 2 is 1.93 bits per heavy atom. The van der Waals surface area contributed by atoms with Crippen molar-refractivity contribution in [2.45, 2.75) is 24.9 Å². The Morgan fingerprint density at radius 1 is 1.14 bits per heavy atom. The molecular weight excluding hydrogens is 180 g/mol. The minimum Gasteiger partial charge on any atom is -0.388 e. The molecule has 0 aromatic carbocycles. The van der Waals surface area contributed by atoms with Crippen molar-refractivity contribution in [3.63, 3.8) is 0 Å². The van der Waals surface area contributed by atoms with Crippen LogP contribution in [0.2, 0.25) is 0 Å². The maximum absolute atomic E-state index is 10.1. The summed E-state index contributed by atoms with van der Waals surface area (Å²) in [4.78, 5) is 0. The molecule has 7 atom stereocenters. The monoisotopic (exact) mass is 194 g/mol. The maximum Gasteiger partial charge on any atom is 0.184 e. The summed E-state index contributed by atoms with van der Waals surface area (Å²) in [6.45, 7) is 0.681. The van der Waals surface area contributed by atoms with Gasteiger partial charge in [0.1, 0.15) is 6.10 Å². The van der Waals surface area contributed by atoms with Gasteiger partial charge < -0.3 is 14.6 Å².